The van der Waals surface area contributed by atoms with Crippen molar-refractivity contribution in [2.75, 3.05) is 29.5 Å². The molecule has 2 aliphatic heterocycles. The zero-order chi connectivity index (χ0) is 20.6. The number of carbonyl (C=O) groups is 1. The number of carbonyl (C=O) groups excluding carboxylic acids is 1. The number of sulfone groups is 1. The molecule has 154 valence electrons. The van der Waals surface area contributed by atoms with Crippen LogP contribution in [0.5, 0.6) is 0 Å². The molecule has 1 atom stereocenters. The highest BCUT2D eigenvalue weighted by Gasteiger charge is 2.41. The molecule has 2 fully saturated rings. The summed E-state index contributed by atoms with van der Waals surface area (Å²) in [6, 6.07) is 5.46. The third-order valence-corrected chi connectivity index (χ3v) is 7.43. The fraction of sp³-hybridized carbons (Fsp3) is 0.526. The number of nitrogens with one attached hydrogen (secondary N) is 1. The molecule has 1 N–H and O–H groups in total. The summed E-state index contributed by atoms with van der Waals surface area (Å²) in [7, 11) is -3.08. The number of piperidine rings is 1. The molecule has 0 unspecified atom stereocenters. The fourth-order valence-electron chi connectivity index (χ4n) is 3.96. The van der Waals surface area contributed by atoms with E-state index >= 15 is 0 Å². The Hall–Kier alpha value is -2.80. The Morgan fingerprint density at radius 2 is 2.17 bits per heavy atom. The van der Waals surface area contributed by atoms with Crippen LogP contribution in [0, 0.1) is 17.2 Å². The first-order chi connectivity index (χ1) is 13.8. The maximum Gasteiger partial charge on any atom is 0.266 e. The maximum atomic E-state index is 12.7. The van der Waals surface area contributed by atoms with Crippen molar-refractivity contribution in [3.05, 3.63) is 24.1 Å². The topological polar surface area (TPSA) is 129 Å². The fourth-order valence-corrected chi connectivity index (χ4v) is 6.05. The van der Waals surface area contributed by atoms with Crippen LogP contribution in [0.2, 0.25) is 0 Å². The monoisotopic (exact) mass is 418 g/mol. The number of rotatable bonds is 4. The summed E-state index contributed by atoms with van der Waals surface area (Å²) in [5, 5.41) is 12.3. The quantitative estimate of drug-likeness (QED) is 0.794. The number of hydrogen-bond acceptors (Lipinski definition) is 8. The molecule has 9 nitrogen and oxygen atoms in total. The van der Waals surface area contributed by atoms with Gasteiger partial charge in [0.2, 0.25) is 17.5 Å². The smallest absolute Gasteiger partial charge is 0.266 e. The number of amides is 1. The zero-order valence-corrected chi connectivity index (χ0v) is 16.9. The summed E-state index contributed by atoms with van der Waals surface area (Å²) in [6.07, 6.45) is 3.11. The van der Waals surface area contributed by atoms with Crippen LogP contribution < -0.4 is 10.2 Å². The summed E-state index contributed by atoms with van der Waals surface area (Å²) >= 11 is 0. The van der Waals surface area contributed by atoms with E-state index in [1.54, 1.807) is 19.1 Å². The Morgan fingerprint density at radius 1 is 1.41 bits per heavy atom. The van der Waals surface area contributed by atoms with Crippen molar-refractivity contribution in [2.45, 2.75) is 31.7 Å². The Bertz CT molecular complexity index is 1050. The molecule has 2 saturated heterocycles. The van der Waals surface area contributed by atoms with E-state index in [-0.39, 0.29) is 34.9 Å². The van der Waals surface area contributed by atoms with Gasteiger partial charge in [0.1, 0.15) is 6.07 Å². The van der Waals surface area contributed by atoms with E-state index in [1.807, 2.05) is 11.0 Å². The van der Waals surface area contributed by atoms with Gasteiger partial charge in [0.25, 0.3) is 5.89 Å². The second-order valence-corrected chi connectivity index (χ2v) is 10.1. The van der Waals surface area contributed by atoms with E-state index in [4.69, 9.17) is 8.83 Å². The summed E-state index contributed by atoms with van der Waals surface area (Å²) in [6.45, 7) is 2.86. The molecule has 29 heavy (non-hydrogen) atoms. The molecule has 2 aromatic rings. The van der Waals surface area contributed by atoms with Crippen LogP contribution in [-0.2, 0) is 14.6 Å². The van der Waals surface area contributed by atoms with E-state index < -0.39 is 15.4 Å². The number of hydrogen-bond donors (Lipinski definition) is 1. The van der Waals surface area contributed by atoms with Gasteiger partial charge in [-0.15, -0.1) is 0 Å². The lowest BCUT2D eigenvalue weighted by atomic mass is 9.93. The molecule has 0 bridgehead atoms. The summed E-state index contributed by atoms with van der Waals surface area (Å²) in [4.78, 5) is 18.8. The van der Waals surface area contributed by atoms with Crippen molar-refractivity contribution in [1.29, 1.82) is 5.26 Å². The summed E-state index contributed by atoms with van der Waals surface area (Å²) < 4.78 is 34.5. The van der Waals surface area contributed by atoms with Crippen molar-refractivity contribution in [1.82, 2.24) is 10.3 Å². The zero-order valence-electron chi connectivity index (χ0n) is 16.1. The number of oxazole rings is 1. The molecule has 0 aromatic carbocycles. The standard InChI is InChI=1S/C19H22N4O5S/c1-19(6-10-29(25,26)12-19)22-16(24)13-4-7-23(8-5-13)18-14(11-20)21-17(28-18)15-3-2-9-27-15/h2-3,9,13H,4-8,10,12H2,1H3,(H,22,24)/t19-/m0/s1. The molecule has 0 radical (unpaired) electrons. The van der Waals surface area contributed by atoms with Crippen molar-refractivity contribution < 1.29 is 22.0 Å². The highest BCUT2D eigenvalue weighted by Crippen LogP contribution is 2.32. The Balaban J connectivity index is 1.40. The van der Waals surface area contributed by atoms with E-state index in [9.17, 15) is 18.5 Å². The van der Waals surface area contributed by atoms with Gasteiger partial charge in [-0.3, -0.25) is 4.79 Å². The Labute approximate surface area is 168 Å². The Kier molecular flexibility index (Phi) is 4.86. The number of nitriles is 1. The van der Waals surface area contributed by atoms with Gasteiger partial charge in [0, 0.05) is 19.0 Å². The number of anilines is 1. The molecule has 4 rings (SSSR count). The van der Waals surface area contributed by atoms with Crippen LogP contribution in [0.15, 0.2) is 27.2 Å². The van der Waals surface area contributed by atoms with E-state index in [0.717, 1.165) is 0 Å². The highest BCUT2D eigenvalue weighted by molar-refractivity contribution is 7.91. The van der Waals surface area contributed by atoms with Crippen molar-refractivity contribution in [3.63, 3.8) is 0 Å². The van der Waals surface area contributed by atoms with Gasteiger partial charge in [-0.2, -0.15) is 10.2 Å². The minimum atomic E-state index is -3.08. The molecule has 10 heteroatoms. The van der Waals surface area contributed by atoms with Crippen molar-refractivity contribution in [2.24, 2.45) is 5.92 Å². The van der Waals surface area contributed by atoms with Gasteiger partial charge < -0.3 is 19.1 Å². The van der Waals surface area contributed by atoms with Crippen LogP contribution in [0.3, 0.4) is 0 Å². The third kappa shape index (κ3) is 4.00. The maximum absolute atomic E-state index is 12.7. The summed E-state index contributed by atoms with van der Waals surface area (Å²) in [5.74, 6) is 0.861. The van der Waals surface area contributed by atoms with E-state index in [0.29, 0.717) is 44.0 Å². The first-order valence-electron chi connectivity index (χ1n) is 9.51. The average molecular weight is 418 g/mol. The molecule has 2 aliphatic rings. The molecular weight excluding hydrogens is 396 g/mol. The molecule has 0 aliphatic carbocycles. The third-order valence-electron chi connectivity index (χ3n) is 5.53. The normalized spacial score (nSPS) is 24.3. The number of furan rings is 1. The first kappa shape index (κ1) is 19.5. The van der Waals surface area contributed by atoms with E-state index in [1.165, 1.54) is 6.26 Å². The van der Waals surface area contributed by atoms with E-state index in [2.05, 4.69) is 10.3 Å². The Morgan fingerprint density at radius 3 is 2.76 bits per heavy atom. The predicted octanol–water partition coefficient (Wildman–Crippen LogP) is 1.72. The van der Waals surface area contributed by atoms with Crippen LogP contribution >= 0.6 is 0 Å². The molecule has 0 saturated carbocycles. The SMILES string of the molecule is C[C@]1(NC(=O)C2CCN(c3oc(-c4ccco4)nc3C#N)CC2)CCS(=O)(=O)C1. The largest absolute Gasteiger partial charge is 0.459 e. The summed E-state index contributed by atoms with van der Waals surface area (Å²) in [5.41, 5.74) is -0.507. The van der Waals surface area contributed by atoms with Crippen molar-refractivity contribution >= 4 is 21.6 Å². The molecule has 4 heterocycles. The van der Waals surface area contributed by atoms with Gasteiger partial charge in [0.15, 0.2) is 15.6 Å². The molecule has 2 aromatic heterocycles. The predicted molar refractivity (Wildman–Crippen MR) is 104 cm³/mol. The van der Waals surface area contributed by atoms with Crippen LogP contribution in [-0.4, -0.2) is 49.4 Å². The van der Waals surface area contributed by atoms with Crippen LogP contribution in [0.1, 0.15) is 31.9 Å². The van der Waals surface area contributed by atoms with Crippen molar-refractivity contribution in [3.8, 4) is 17.7 Å². The van der Waals surface area contributed by atoms with Gasteiger partial charge in [-0.25, -0.2) is 8.42 Å². The number of aromatic nitrogens is 1. The number of nitrogens with zero attached hydrogens (tertiary/aromatic N) is 3. The molecule has 0 spiro atoms. The first-order valence-corrected chi connectivity index (χ1v) is 11.3. The lowest BCUT2D eigenvalue weighted by molar-refractivity contribution is -0.127. The highest BCUT2D eigenvalue weighted by atomic mass is 32.2. The molecular formula is C19H22N4O5S. The van der Waals surface area contributed by atoms with Gasteiger partial charge in [-0.1, -0.05) is 0 Å². The lowest BCUT2D eigenvalue weighted by Gasteiger charge is -2.33. The van der Waals surface area contributed by atoms with Gasteiger partial charge in [0.05, 0.1) is 23.3 Å². The minimum Gasteiger partial charge on any atom is -0.459 e. The average Bonchev–Trinajstić information content (AvgIpc) is 3.40. The second-order valence-electron chi connectivity index (χ2n) is 7.92. The second kappa shape index (κ2) is 7.22. The lowest BCUT2D eigenvalue weighted by Crippen LogP contribution is -2.51. The van der Waals surface area contributed by atoms with Crippen LogP contribution in [0.25, 0.3) is 11.7 Å². The minimum absolute atomic E-state index is 0.0102. The van der Waals surface area contributed by atoms with Gasteiger partial charge in [-0.05, 0) is 38.3 Å². The molecule has 1 amide bonds. The van der Waals surface area contributed by atoms with Gasteiger partial charge >= 0.3 is 0 Å². The van der Waals surface area contributed by atoms with Crippen LogP contribution in [0.4, 0.5) is 5.88 Å².